The van der Waals surface area contributed by atoms with Crippen LogP contribution in [0.5, 0.6) is 0 Å². The van der Waals surface area contributed by atoms with Gasteiger partial charge in [-0.1, -0.05) is 17.7 Å². The van der Waals surface area contributed by atoms with Crippen molar-refractivity contribution in [2.24, 2.45) is 0 Å². The fraction of sp³-hybridized carbons (Fsp3) is 0.133. The average Bonchev–Trinajstić information content (AvgIpc) is 2.40. The highest BCUT2D eigenvalue weighted by Crippen LogP contribution is 2.22. The van der Waals surface area contributed by atoms with Crippen molar-refractivity contribution in [2.45, 2.75) is 13.5 Å². The summed E-state index contributed by atoms with van der Waals surface area (Å²) in [5.74, 6) is -1.28. The van der Waals surface area contributed by atoms with Crippen molar-refractivity contribution in [1.82, 2.24) is 0 Å². The zero-order chi connectivity index (χ0) is 15.4. The molecule has 0 bridgehead atoms. The van der Waals surface area contributed by atoms with Crippen molar-refractivity contribution >= 4 is 28.9 Å². The first-order valence-electron chi connectivity index (χ1n) is 6.20. The normalized spacial score (nSPS) is 10.3. The molecule has 0 aliphatic rings. The molecule has 2 aromatic rings. The first-order chi connectivity index (χ1) is 9.95. The molecule has 0 saturated carbocycles. The van der Waals surface area contributed by atoms with E-state index in [-0.39, 0.29) is 11.6 Å². The second-order valence-electron chi connectivity index (χ2n) is 4.47. The molecule has 1 amide bonds. The van der Waals surface area contributed by atoms with Crippen molar-refractivity contribution in [3.8, 4) is 0 Å². The maximum Gasteiger partial charge on any atom is 0.221 e. The number of amides is 1. The van der Waals surface area contributed by atoms with Crippen LogP contribution in [-0.2, 0) is 11.3 Å². The summed E-state index contributed by atoms with van der Waals surface area (Å²) in [6, 6.07) is 8.39. The van der Waals surface area contributed by atoms with Crippen molar-refractivity contribution in [1.29, 1.82) is 0 Å². The van der Waals surface area contributed by atoms with Crippen molar-refractivity contribution in [2.75, 3.05) is 10.6 Å². The van der Waals surface area contributed by atoms with Crippen LogP contribution in [0.1, 0.15) is 12.5 Å². The molecule has 0 unspecified atom stereocenters. The predicted octanol–water partition coefficient (Wildman–Crippen LogP) is 4.19. The van der Waals surface area contributed by atoms with Crippen LogP contribution >= 0.6 is 11.6 Å². The summed E-state index contributed by atoms with van der Waals surface area (Å²) in [7, 11) is 0. The fourth-order valence-corrected chi connectivity index (χ4v) is 2.02. The second kappa shape index (κ2) is 6.54. The van der Waals surface area contributed by atoms with Gasteiger partial charge in [0.15, 0.2) is 0 Å². The summed E-state index contributed by atoms with van der Waals surface area (Å²) < 4.78 is 26.4. The molecular weight excluding hydrogens is 298 g/mol. The van der Waals surface area contributed by atoms with Crippen molar-refractivity contribution in [3.05, 3.63) is 58.6 Å². The predicted molar refractivity (Wildman–Crippen MR) is 79.4 cm³/mol. The van der Waals surface area contributed by atoms with Gasteiger partial charge in [0.2, 0.25) is 5.91 Å². The van der Waals surface area contributed by atoms with E-state index in [1.165, 1.54) is 37.3 Å². The summed E-state index contributed by atoms with van der Waals surface area (Å²) in [5, 5.41) is 5.75. The highest BCUT2D eigenvalue weighted by atomic mass is 35.5. The molecule has 3 nitrogen and oxygen atoms in total. The minimum atomic E-state index is -0.518. The summed E-state index contributed by atoms with van der Waals surface area (Å²) in [4.78, 5) is 11.0. The van der Waals surface area contributed by atoms with Crippen LogP contribution in [0.25, 0.3) is 0 Å². The number of benzene rings is 2. The van der Waals surface area contributed by atoms with Gasteiger partial charge in [0, 0.05) is 24.2 Å². The van der Waals surface area contributed by atoms with Gasteiger partial charge in [-0.3, -0.25) is 4.79 Å². The van der Waals surface area contributed by atoms with Gasteiger partial charge in [-0.05, 0) is 35.9 Å². The summed E-state index contributed by atoms with van der Waals surface area (Å²) in [6.07, 6.45) is 0. The van der Waals surface area contributed by atoms with Crippen molar-refractivity contribution in [3.63, 3.8) is 0 Å². The van der Waals surface area contributed by atoms with E-state index in [9.17, 15) is 13.6 Å². The first kappa shape index (κ1) is 15.3. The zero-order valence-corrected chi connectivity index (χ0v) is 12.0. The summed E-state index contributed by atoms with van der Waals surface area (Å²) in [5.41, 5.74) is 1.42. The molecule has 2 N–H and O–H groups in total. The van der Waals surface area contributed by atoms with Gasteiger partial charge < -0.3 is 10.6 Å². The molecule has 2 aromatic carbocycles. The molecule has 0 saturated heterocycles. The largest absolute Gasteiger partial charge is 0.381 e. The Bertz CT molecular complexity index is 677. The minimum Gasteiger partial charge on any atom is -0.381 e. The van der Waals surface area contributed by atoms with E-state index in [0.29, 0.717) is 22.8 Å². The number of halogens is 3. The van der Waals surface area contributed by atoms with Gasteiger partial charge in [0.05, 0.1) is 5.69 Å². The van der Waals surface area contributed by atoms with E-state index in [1.807, 2.05) is 0 Å². The number of anilines is 2. The van der Waals surface area contributed by atoms with Gasteiger partial charge in [0.25, 0.3) is 0 Å². The molecule has 0 aromatic heterocycles. The van der Waals surface area contributed by atoms with E-state index in [0.717, 1.165) is 0 Å². The van der Waals surface area contributed by atoms with E-state index in [4.69, 9.17) is 11.6 Å². The van der Waals surface area contributed by atoms with E-state index >= 15 is 0 Å². The van der Waals surface area contributed by atoms with E-state index < -0.39 is 11.6 Å². The van der Waals surface area contributed by atoms with Gasteiger partial charge in [-0.2, -0.15) is 0 Å². The Balaban J connectivity index is 2.11. The lowest BCUT2D eigenvalue weighted by Gasteiger charge is -2.11. The molecule has 2 rings (SSSR count). The molecule has 0 radical (unpaired) electrons. The smallest absolute Gasteiger partial charge is 0.221 e. The Morgan fingerprint density at radius 2 is 1.95 bits per heavy atom. The summed E-state index contributed by atoms with van der Waals surface area (Å²) in [6.45, 7) is 1.65. The first-order valence-corrected chi connectivity index (χ1v) is 6.58. The van der Waals surface area contributed by atoms with Crippen LogP contribution < -0.4 is 10.6 Å². The molecule has 0 aliphatic carbocycles. The molecule has 21 heavy (non-hydrogen) atoms. The van der Waals surface area contributed by atoms with Gasteiger partial charge >= 0.3 is 0 Å². The zero-order valence-electron chi connectivity index (χ0n) is 11.2. The van der Waals surface area contributed by atoms with Gasteiger partial charge in [-0.15, -0.1) is 0 Å². The lowest BCUT2D eigenvalue weighted by Crippen LogP contribution is -2.08. The third-order valence-corrected chi connectivity index (χ3v) is 3.13. The van der Waals surface area contributed by atoms with E-state index in [2.05, 4.69) is 10.6 Å². The van der Waals surface area contributed by atoms with Gasteiger partial charge in [0.1, 0.15) is 11.6 Å². The Morgan fingerprint density at radius 3 is 2.62 bits per heavy atom. The molecule has 110 valence electrons. The lowest BCUT2D eigenvalue weighted by atomic mass is 10.2. The lowest BCUT2D eigenvalue weighted by molar-refractivity contribution is -0.114. The fourth-order valence-electron chi connectivity index (χ4n) is 1.78. The molecule has 0 spiro atoms. The molecule has 6 heteroatoms. The third-order valence-electron chi connectivity index (χ3n) is 2.78. The topological polar surface area (TPSA) is 41.1 Å². The highest BCUT2D eigenvalue weighted by Gasteiger charge is 2.06. The highest BCUT2D eigenvalue weighted by molar-refractivity contribution is 6.31. The Morgan fingerprint density at radius 1 is 1.19 bits per heavy atom. The Kier molecular flexibility index (Phi) is 4.75. The molecule has 0 heterocycles. The third kappa shape index (κ3) is 4.16. The van der Waals surface area contributed by atoms with E-state index in [1.54, 1.807) is 6.07 Å². The number of nitrogens with one attached hydrogen (secondary N) is 2. The Labute approximate surface area is 125 Å². The van der Waals surface area contributed by atoms with Crippen LogP contribution in [0.4, 0.5) is 20.2 Å². The average molecular weight is 311 g/mol. The molecule has 0 atom stereocenters. The second-order valence-corrected chi connectivity index (χ2v) is 4.87. The molecule has 0 aliphatic heterocycles. The van der Waals surface area contributed by atoms with Crippen molar-refractivity contribution < 1.29 is 13.6 Å². The number of carbonyl (C=O) groups excluding carboxylic acids is 1. The van der Waals surface area contributed by atoms with Gasteiger partial charge in [-0.25, -0.2) is 8.78 Å². The van der Waals surface area contributed by atoms with Crippen LogP contribution in [0.2, 0.25) is 5.02 Å². The molecular formula is C15H13ClF2N2O. The van der Waals surface area contributed by atoms with Crippen LogP contribution in [0.15, 0.2) is 36.4 Å². The minimum absolute atomic E-state index is 0.0951. The van der Waals surface area contributed by atoms with Crippen LogP contribution in [-0.4, -0.2) is 5.91 Å². The SMILES string of the molecule is CC(=O)Nc1cc(NCc2ccc(F)cc2Cl)ccc1F. The maximum absolute atomic E-state index is 13.5. The number of carbonyl (C=O) groups is 1. The quantitative estimate of drug-likeness (QED) is 0.889. The number of hydrogen-bond donors (Lipinski definition) is 2. The Hall–Kier alpha value is -2.14. The van der Waals surface area contributed by atoms with Crippen LogP contribution in [0.3, 0.4) is 0 Å². The number of hydrogen-bond acceptors (Lipinski definition) is 2. The number of rotatable bonds is 4. The molecule has 0 fully saturated rings. The van der Waals surface area contributed by atoms with Crippen LogP contribution in [0, 0.1) is 11.6 Å². The maximum atomic E-state index is 13.5. The summed E-state index contributed by atoms with van der Waals surface area (Å²) >= 11 is 5.92. The monoisotopic (exact) mass is 310 g/mol. The standard InChI is InChI=1S/C15H13ClF2N2O/c1-9(21)20-15-7-12(4-5-14(15)18)19-8-10-2-3-11(17)6-13(10)16/h2-7,19H,8H2,1H3,(H,20,21).